The second-order valence-electron chi connectivity index (χ2n) is 6.07. The second kappa shape index (κ2) is 7.14. The van der Waals surface area contributed by atoms with Crippen LogP contribution < -0.4 is 9.64 Å². The van der Waals surface area contributed by atoms with Crippen molar-refractivity contribution in [2.75, 3.05) is 31.6 Å². The number of fused-ring (bicyclic) bond motifs is 1. The molecular weight excluding hydrogens is 324 g/mol. The number of ether oxygens (including phenoxy) is 1. The molecule has 126 valence electrons. The molecule has 1 aliphatic rings. The van der Waals surface area contributed by atoms with E-state index in [1.165, 1.54) is 5.69 Å². The lowest BCUT2D eigenvalue weighted by Crippen LogP contribution is -2.37. The second-order valence-corrected chi connectivity index (χ2v) is 6.47. The maximum absolute atomic E-state index is 12.5. The van der Waals surface area contributed by atoms with Crippen molar-refractivity contribution in [2.24, 2.45) is 0 Å². The molecule has 0 saturated carbocycles. The molecule has 0 N–H and O–H groups in total. The van der Waals surface area contributed by atoms with E-state index in [9.17, 15) is 4.79 Å². The molecule has 4 nitrogen and oxygen atoms in total. The molecule has 5 heteroatoms. The first-order valence-electron chi connectivity index (χ1n) is 8.00. The maximum Gasteiger partial charge on any atom is 0.260 e. The number of para-hydroxylation sites is 1. The summed E-state index contributed by atoms with van der Waals surface area (Å²) >= 11 is 6.01. The molecule has 2 aromatic carbocycles. The van der Waals surface area contributed by atoms with Gasteiger partial charge in [-0.2, -0.15) is 0 Å². The molecule has 1 aliphatic heterocycles. The number of benzene rings is 2. The number of hydrogen-bond donors (Lipinski definition) is 0. The van der Waals surface area contributed by atoms with Gasteiger partial charge in [-0.15, -0.1) is 0 Å². The van der Waals surface area contributed by atoms with Crippen molar-refractivity contribution in [2.45, 2.75) is 13.5 Å². The number of amides is 1. The average molecular weight is 345 g/mol. The molecule has 0 unspecified atom stereocenters. The van der Waals surface area contributed by atoms with Crippen LogP contribution in [0, 0.1) is 6.92 Å². The minimum absolute atomic E-state index is 0.00675. The van der Waals surface area contributed by atoms with E-state index in [4.69, 9.17) is 16.3 Å². The lowest BCUT2D eigenvalue weighted by molar-refractivity contribution is -0.133. The third-order valence-electron chi connectivity index (χ3n) is 4.31. The fourth-order valence-electron chi connectivity index (χ4n) is 2.85. The molecule has 24 heavy (non-hydrogen) atoms. The average Bonchev–Trinajstić information content (AvgIpc) is 2.75. The van der Waals surface area contributed by atoms with Crippen LogP contribution in [0.5, 0.6) is 5.75 Å². The van der Waals surface area contributed by atoms with Crippen molar-refractivity contribution < 1.29 is 9.53 Å². The normalized spacial score (nSPS) is 14.1. The van der Waals surface area contributed by atoms with Crippen LogP contribution in [0.15, 0.2) is 42.5 Å². The smallest absolute Gasteiger partial charge is 0.260 e. The van der Waals surface area contributed by atoms with Crippen LogP contribution >= 0.6 is 11.6 Å². The molecule has 0 radical (unpaired) electrons. The van der Waals surface area contributed by atoms with E-state index in [1.54, 1.807) is 12.1 Å². The summed E-state index contributed by atoms with van der Waals surface area (Å²) in [6.45, 7) is 4.06. The van der Waals surface area contributed by atoms with E-state index < -0.39 is 0 Å². The van der Waals surface area contributed by atoms with Gasteiger partial charge in [0.2, 0.25) is 0 Å². The van der Waals surface area contributed by atoms with E-state index >= 15 is 0 Å². The van der Waals surface area contributed by atoms with E-state index in [1.807, 2.05) is 30.0 Å². The van der Waals surface area contributed by atoms with Gasteiger partial charge in [0, 0.05) is 37.4 Å². The van der Waals surface area contributed by atoms with Crippen molar-refractivity contribution in [3.8, 4) is 5.75 Å². The van der Waals surface area contributed by atoms with Gasteiger partial charge >= 0.3 is 0 Å². The van der Waals surface area contributed by atoms with Crippen molar-refractivity contribution in [3.63, 3.8) is 0 Å². The zero-order chi connectivity index (χ0) is 17.1. The first-order valence-corrected chi connectivity index (χ1v) is 8.38. The topological polar surface area (TPSA) is 32.8 Å². The van der Waals surface area contributed by atoms with Crippen molar-refractivity contribution in [3.05, 3.63) is 58.6 Å². The Balaban J connectivity index is 1.66. The highest BCUT2D eigenvalue weighted by Crippen LogP contribution is 2.24. The number of rotatable bonds is 3. The van der Waals surface area contributed by atoms with Crippen molar-refractivity contribution in [1.82, 2.24) is 4.90 Å². The Morgan fingerprint density at radius 2 is 2.00 bits per heavy atom. The predicted molar refractivity (Wildman–Crippen MR) is 96.8 cm³/mol. The van der Waals surface area contributed by atoms with Crippen LogP contribution in [0.4, 0.5) is 5.69 Å². The molecule has 1 amide bonds. The van der Waals surface area contributed by atoms with Gasteiger partial charge in [-0.25, -0.2) is 0 Å². The zero-order valence-electron chi connectivity index (χ0n) is 14.0. The van der Waals surface area contributed by atoms with E-state index in [-0.39, 0.29) is 12.5 Å². The third-order valence-corrected chi connectivity index (χ3v) is 4.74. The largest absolute Gasteiger partial charge is 0.484 e. The van der Waals surface area contributed by atoms with Crippen molar-refractivity contribution in [1.29, 1.82) is 0 Å². The number of carbonyl (C=O) groups is 1. The third kappa shape index (κ3) is 3.65. The molecule has 0 fully saturated rings. The summed E-state index contributed by atoms with van der Waals surface area (Å²) < 4.78 is 5.65. The van der Waals surface area contributed by atoms with Crippen LogP contribution in [-0.2, 0) is 11.3 Å². The summed E-state index contributed by atoms with van der Waals surface area (Å²) in [5.74, 6) is 0.658. The number of carbonyl (C=O) groups excluding carboxylic acids is 1. The van der Waals surface area contributed by atoms with Crippen molar-refractivity contribution >= 4 is 23.2 Å². The highest BCUT2D eigenvalue weighted by atomic mass is 35.5. The molecule has 0 aliphatic carbocycles. The summed E-state index contributed by atoms with van der Waals surface area (Å²) in [6, 6.07) is 13.6. The number of anilines is 1. The van der Waals surface area contributed by atoms with Gasteiger partial charge in [-0.05, 0) is 42.3 Å². The summed E-state index contributed by atoms with van der Waals surface area (Å²) in [4.78, 5) is 16.6. The number of likely N-dealkylation sites (N-methyl/N-ethyl adjacent to an activating group) is 1. The number of nitrogens with zero attached hydrogens (tertiary/aromatic N) is 2. The Morgan fingerprint density at radius 1 is 1.21 bits per heavy atom. The Labute approximate surface area is 147 Å². The molecule has 0 aromatic heterocycles. The summed E-state index contributed by atoms with van der Waals surface area (Å²) in [5.41, 5.74) is 3.28. The Hall–Kier alpha value is -2.20. The number of aryl methyl sites for hydroxylation is 1. The molecule has 0 bridgehead atoms. The SMILES string of the molecule is Cc1cc(OCC(=O)N2CCN(C)c3ccccc3C2)ccc1Cl. The van der Waals surface area contributed by atoms with E-state index in [0.29, 0.717) is 23.9 Å². The zero-order valence-corrected chi connectivity index (χ0v) is 14.7. The molecule has 3 rings (SSSR count). The highest BCUT2D eigenvalue weighted by molar-refractivity contribution is 6.31. The molecular formula is C19H21ClN2O2. The fraction of sp³-hybridized carbons (Fsp3) is 0.316. The fourth-order valence-corrected chi connectivity index (χ4v) is 2.97. The lowest BCUT2D eigenvalue weighted by atomic mass is 10.1. The van der Waals surface area contributed by atoms with Gasteiger partial charge in [0.15, 0.2) is 6.61 Å². The van der Waals surface area contributed by atoms with Crippen LogP contribution in [-0.4, -0.2) is 37.6 Å². The quantitative estimate of drug-likeness (QED) is 0.854. The first-order chi connectivity index (χ1) is 11.5. The van der Waals surface area contributed by atoms with Gasteiger partial charge in [0.25, 0.3) is 5.91 Å². The molecule has 0 atom stereocenters. The van der Waals surface area contributed by atoms with Gasteiger partial charge in [-0.3, -0.25) is 4.79 Å². The van der Waals surface area contributed by atoms with Gasteiger partial charge < -0.3 is 14.5 Å². The van der Waals surface area contributed by atoms with Crippen LogP contribution in [0.3, 0.4) is 0 Å². The number of hydrogen-bond acceptors (Lipinski definition) is 3. The van der Waals surface area contributed by atoms with Crippen LogP contribution in [0.25, 0.3) is 0 Å². The summed E-state index contributed by atoms with van der Waals surface area (Å²) in [7, 11) is 2.06. The minimum atomic E-state index is -0.00675. The lowest BCUT2D eigenvalue weighted by Gasteiger charge is -2.21. The van der Waals surface area contributed by atoms with E-state index in [2.05, 4.69) is 24.1 Å². The van der Waals surface area contributed by atoms with Gasteiger partial charge in [0.05, 0.1) is 0 Å². The molecule has 1 heterocycles. The van der Waals surface area contributed by atoms with Gasteiger partial charge in [0.1, 0.15) is 5.75 Å². The molecule has 0 saturated heterocycles. The molecule has 2 aromatic rings. The van der Waals surface area contributed by atoms with Gasteiger partial charge in [-0.1, -0.05) is 29.8 Å². The monoisotopic (exact) mass is 344 g/mol. The van der Waals surface area contributed by atoms with Crippen LogP contribution in [0.1, 0.15) is 11.1 Å². The predicted octanol–water partition coefficient (Wildman–Crippen LogP) is 3.51. The van der Waals surface area contributed by atoms with E-state index in [0.717, 1.165) is 17.7 Å². The summed E-state index contributed by atoms with van der Waals surface area (Å²) in [6.07, 6.45) is 0. The minimum Gasteiger partial charge on any atom is -0.484 e. The van der Waals surface area contributed by atoms with Crippen LogP contribution in [0.2, 0.25) is 5.02 Å². The Morgan fingerprint density at radius 3 is 2.79 bits per heavy atom. The Bertz CT molecular complexity index is 748. The number of halogens is 1. The standard InChI is InChI=1S/C19H21ClN2O2/c1-14-11-16(7-8-17(14)20)24-13-19(23)22-10-9-21(2)18-6-4-3-5-15(18)12-22/h3-8,11H,9-10,12-13H2,1-2H3. The first kappa shape index (κ1) is 16.7. The summed E-state index contributed by atoms with van der Waals surface area (Å²) in [5, 5.41) is 0.695. The Kier molecular flexibility index (Phi) is 4.95. The highest BCUT2D eigenvalue weighted by Gasteiger charge is 2.21. The maximum atomic E-state index is 12.5. The molecule has 0 spiro atoms.